The lowest BCUT2D eigenvalue weighted by atomic mass is 9.92. The van der Waals surface area contributed by atoms with Gasteiger partial charge in [0.1, 0.15) is 17.2 Å². The molecule has 2 N–H and O–H groups in total. The zero-order valence-corrected chi connectivity index (χ0v) is 18.1. The third-order valence-corrected chi connectivity index (χ3v) is 6.24. The van der Waals surface area contributed by atoms with E-state index in [4.69, 9.17) is 0 Å². The Hall–Kier alpha value is -3.58. The monoisotopic (exact) mass is 444 g/mol. The molecule has 0 aliphatic heterocycles. The molecule has 0 spiro atoms. The van der Waals surface area contributed by atoms with Crippen LogP contribution in [0, 0.1) is 5.82 Å². The number of hydrogen-bond donors (Lipinski definition) is 2. The Balaban J connectivity index is 1.39. The highest BCUT2D eigenvalue weighted by Crippen LogP contribution is 2.23. The van der Waals surface area contributed by atoms with Crippen LogP contribution in [0.2, 0.25) is 0 Å². The summed E-state index contributed by atoms with van der Waals surface area (Å²) in [6, 6.07) is 16.0. The van der Waals surface area contributed by atoms with Crippen LogP contribution in [0.15, 0.2) is 67.0 Å². The van der Waals surface area contributed by atoms with Crippen LogP contribution >= 0.6 is 0 Å². The standard InChI is InChI=1S/C26H25FN4O2/c27-20-5-3-13-28-25(20)18-11-9-17(10-12-18)15-19-16-22(30-31-14-4-7-23(19)31)26(33)29-21-6-1-2-8-24(21)32/h3-5,7,9-14,16,21,24,32H,1-2,6,8,15H2,(H,29,33)/t21-,24-/m0/s1. The summed E-state index contributed by atoms with van der Waals surface area (Å²) in [7, 11) is 0. The average molecular weight is 445 g/mol. The third-order valence-electron chi connectivity index (χ3n) is 6.24. The van der Waals surface area contributed by atoms with E-state index in [1.54, 1.807) is 16.8 Å². The normalized spacial score (nSPS) is 18.4. The largest absolute Gasteiger partial charge is 0.391 e. The molecule has 4 aromatic rings. The maximum Gasteiger partial charge on any atom is 0.272 e. The summed E-state index contributed by atoms with van der Waals surface area (Å²) in [6.45, 7) is 0. The van der Waals surface area contributed by atoms with Crippen molar-refractivity contribution in [1.82, 2.24) is 19.9 Å². The van der Waals surface area contributed by atoms with Crippen molar-refractivity contribution in [2.24, 2.45) is 0 Å². The number of aliphatic hydroxyl groups is 1. The number of hydrogen-bond acceptors (Lipinski definition) is 4. The maximum absolute atomic E-state index is 14.0. The molecule has 1 aliphatic carbocycles. The number of halogens is 1. The fraction of sp³-hybridized carbons (Fsp3) is 0.269. The minimum Gasteiger partial charge on any atom is -0.391 e. The van der Waals surface area contributed by atoms with Gasteiger partial charge in [-0.05, 0) is 60.7 Å². The van der Waals surface area contributed by atoms with E-state index in [0.29, 0.717) is 29.8 Å². The number of pyridine rings is 1. The highest BCUT2D eigenvalue weighted by atomic mass is 19.1. The Morgan fingerprint density at radius 2 is 1.94 bits per heavy atom. The molecule has 1 aromatic carbocycles. The van der Waals surface area contributed by atoms with Gasteiger partial charge in [-0.3, -0.25) is 9.78 Å². The predicted octanol–water partition coefficient (Wildman–Crippen LogP) is 4.16. The smallest absolute Gasteiger partial charge is 0.272 e. The molecule has 1 amide bonds. The Bertz CT molecular complexity index is 1290. The fourth-order valence-electron chi connectivity index (χ4n) is 4.47. The zero-order valence-electron chi connectivity index (χ0n) is 18.1. The van der Waals surface area contributed by atoms with Gasteiger partial charge in [0.2, 0.25) is 0 Å². The van der Waals surface area contributed by atoms with E-state index in [1.165, 1.54) is 6.07 Å². The van der Waals surface area contributed by atoms with Gasteiger partial charge in [-0.2, -0.15) is 5.10 Å². The molecule has 168 valence electrons. The van der Waals surface area contributed by atoms with Crippen LogP contribution in [-0.4, -0.2) is 37.8 Å². The predicted molar refractivity (Wildman–Crippen MR) is 123 cm³/mol. The van der Waals surface area contributed by atoms with Crippen molar-refractivity contribution in [1.29, 1.82) is 0 Å². The Labute approximate surface area is 191 Å². The van der Waals surface area contributed by atoms with Gasteiger partial charge in [-0.15, -0.1) is 0 Å². The lowest BCUT2D eigenvalue weighted by Crippen LogP contribution is -2.45. The minimum absolute atomic E-state index is 0.239. The summed E-state index contributed by atoms with van der Waals surface area (Å²) in [6.07, 6.45) is 6.93. The molecular weight excluding hydrogens is 419 g/mol. The first-order chi connectivity index (χ1) is 16.1. The summed E-state index contributed by atoms with van der Waals surface area (Å²) in [5.74, 6) is -0.633. The third kappa shape index (κ3) is 4.50. The number of amides is 1. The molecule has 3 aromatic heterocycles. The van der Waals surface area contributed by atoms with Crippen molar-refractivity contribution in [3.63, 3.8) is 0 Å². The summed E-state index contributed by atoms with van der Waals surface area (Å²) in [5.41, 5.74) is 4.26. The number of carbonyl (C=O) groups is 1. The highest BCUT2D eigenvalue weighted by molar-refractivity contribution is 5.93. The van der Waals surface area contributed by atoms with Crippen molar-refractivity contribution in [2.45, 2.75) is 44.2 Å². The summed E-state index contributed by atoms with van der Waals surface area (Å²) < 4.78 is 15.8. The number of nitrogens with zero attached hydrogens (tertiary/aromatic N) is 3. The lowest BCUT2D eigenvalue weighted by Gasteiger charge is -2.28. The lowest BCUT2D eigenvalue weighted by molar-refractivity contribution is 0.0713. The molecule has 0 saturated heterocycles. The van der Waals surface area contributed by atoms with Gasteiger partial charge in [0.15, 0.2) is 0 Å². The molecule has 1 aliphatic rings. The highest BCUT2D eigenvalue weighted by Gasteiger charge is 2.25. The Morgan fingerprint density at radius 1 is 1.12 bits per heavy atom. The molecule has 0 unspecified atom stereocenters. The summed E-state index contributed by atoms with van der Waals surface area (Å²) >= 11 is 0. The molecule has 2 atom stereocenters. The van der Waals surface area contributed by atoms with Crippen LogP contribution in [0.1, 0.15) is 47.3 Å². The van der Waals surface area contributed by atoms with Crippen molar-refractivity contribution in [3.8, 4) is 11.3 Å². The van der Waals surface area contributed by atoms with E-state index >= 15 is 0 Å². The van der Waals surface area contributed by atoms with Crippen LogP contribution in [-0.2, 0) is 6.42 Å². The molecule has 0 radical (unpaired) electrons. The molecule has 0 bridgehead atoms. The van der Waals surface area contributed by atoms with Gasteiger partial charge in [0.05, 0.1) is 17.7 Å². The van der Waals surface area contributed by atoms with E-state index in [-0.39, 0.29) is 17.8 Å². The van der Waals surface area contributed by atoms with Gasteiger partial charge in [0.25, 0.3) is 5.91 Å². The van der Waals surface area contributed by atoms with Crippen molar-refractivity contribution in [2.75, 3.05) is 0 Å². The number of benzene rings is 1. The van der Waals surface area contributed by atoms with Crippen LogP contribution in [0.4, 0.5) is 4.39 Å². The number of aromatic nitrogens is 3. The summed E-state index contributed by atoms with van der Waals surface area (Å²) in [4.78, 5) is 17.1. The first kappa shape index (κ1) is 21.3. The Morgan fingerprint density at radius 3 is 2.73 bits per heavy atom. The van der Waals surface area contributed by atoms with Gasteiger partial charge in [-0.1, -0.05) is 37.1 Å². The van der Waals surface area contributed by atoms with E-state index in [9.17, 15) is 14.3 Å². The maximum atomic E-state index is 14.0. The second-order valence-corrected chi connectivity index (χ2v) is 8.53. The van der Waals surface area contributed by atoms with Gasteiger partial charge >= 0.3 is 0 Å². The van der Waals surface area contributed by atoms with Crippen molar-refractivity contribution in [3.05, 3.63) is 89.6 Å². The molecular formula is C26H25FN4O2. The Kier molecular flexibility index (Phi) is 5.88. The molecule has 1 fully saturated rings. The van der Waals surface area contributed by atoms with Gasteiger partial charge in [-0.25, -0.2) is 8.91 Å². The van der Waals surface area contributed by atoms with Gasteiger partial charge in [0, 0.05) is 18.0 Å². The number of rotatable bonds is 5. The molecule has 1 saturated carbocycles. The summed E-state index contributed by atoms with van der Waals surface area (Å²) in [5, 5.41) is 17.6. The van der Waals surface area contributed by atoms with Crippen LogP contribution in [0.3, 0.4) is 0 Å². The van der Waals surface area contributed by atoms with Crippen LogP contribution < -0.4 is 5.32 Å². The van der Waals surface area contributed by atoms with E-state index in [0.717, 1.165) is 35.9 Å². The number of fused-ring (bicyclic) bond motifs is 1. The molecule has 7 heteroatoms. The van der Waals surface area contributed by atoms with E-state index in [1.807, 2.05) is 48.7 Å². The first-order valence-electron chi connectivity index (χ1n) is 11.2. The average Bonchev–Trinajstić information content (AvgIpc) is 3.31. The molecule has 5 rings (SSSR count). The first-order valence-corrected chi connectivity index (χ1v) is 11.2. The van der Waals surface area contributed by atoms with E-state index in [2.05, 4.69) is 15.4 Å². The second kappa shape index (κ2) is 9.11. The fourth-order valence-corrected chi connectivity index (χ4v) is 4.47. The number of carbonyl (C=O) groups excluding carboxylic acids is 1. The molecule has 33 heavy (non-hydrogen) atoms. The van der Waals surface area contributed by atoms with Gasteiger partial charge < -0.3 is 10.4 Å². The zero-order chi connectivity index (χ0) is 22.8. The number of nitrogens with one attached hydrogen (secondary N) is 1. The van der Waals surface area contributed by atoms with Crippen molar-refractivity contribution >= 4 is 11.4 Å². The molecule has 6 nitrogen and oxygen atoms in total. The topological polar surface area (TPSA) is 79.5 Å². The molecule has 3 heterocycles. The van der Waals surface area contributed by atoms with E-state index < -0.39 is 6.10 Å². The number of aliphatic hydroxyl groups excluding tert-OH is 1. The van der Waals surface area contributed by atoms with Crippen LogP contribution in [0.5, 0.6) is 0 Å². The SMILES string of the molecule is O=C(N[C@H]1CCCC[C@@H]1O)c1cc(Cc2ccc(-c3ncccc3F)cc2)c2cccn2n1. The second-order valence-electron chi connectivity index (χ2n) is 8.53. The quantitative estimate of drug-likeness (QED) is 0.485. The van der Waals surface area contributed by atoms with Crippen LogP contribution in [0.25, 0.3) is 16.8 Å². The minimum atomic E-state index is -0.514. The van der Waals surface area contributed by atoms with Crippen molar-refractivity contribution < 1.29 is 14.3 Å².